The second-order valence-electron chi connectivity index (χ2n) is 1.92. The van der Waals surface area contributed by atoms with Crippen molar-refractivity contribution >= 4 is 24.2 Å². The Kier molecular flexibility index (Phi) is 2.57. The largest absolute Gasteiger partial charge is 0.206 e. The van der Waals surface area contributed by atoms with Crippen molar-refractivity contribution in [2.24, 2.45) is 0 Å². The molecule has 0 amide bonds. The number of hydrogen-bond donors (Lipinski definition) is 1. The first kappa shape index (κ1) is 7.89. The number of benzene rings is 1. The lowest BCUT2D eigenvalue weighted by Gasteiger charge is -1.96. The Hall–Kier alpha value is -0.210. The summed E-state index contributed by atoms with van der Waals surface area (Å²) in [5.41, 5.74) is 0.775. The quantitative estimate of drug-likeness (QED) is 0.494. The zero-order valence-corrected chi connectivity index (χ0v) is 6.79. The molecule has 0 saturated heterocycles. The predicted molar refractivity (Wildman–Crippen MR) is 43.2 cm³/mol. The van der Waals surface area contributed by atoms with Crippen molar-refractivity contribution in [3.63, 3.8) is 0 Å². The maximum atomic E-state index is 12.6. The minimum atomic E-state index is -0.318. The van der Waals surface area contributed by atoms with Gasteiger partial charge in [0.25, 0.3) is 0 Å². The first-order valence-electron chi connectivity index (χ1n) is 2.77. The molecule has 0 saturated carbocycles. The fraction of sp³-hybridized carbons (Fsp3) is 0.143. The van der Waals surface area contributed by atoms with Crippen LogP contribution in [0.4, 0.5) is 4.39 Å². The molecule has 0 nitrogen and oxygen atoms in total. The lowest BCUT2D eigenvalue weighted by molar-refractivity contribution is 0.601. The van der Waals surface area contributed by atoms with Crippen LogP contribution in [0.15, 0.2) is 23.1 Å². The fourth-order valence-electron chi connectivity index (χ4n) is 0.634. The summed E-state index contributed by atoms with van der Waals surface area (Å²) in [4.78, 5) is 0.355. The summed E-state index contributed by atoms with van der Waals surface area (Å²) in [7, 11) is 0. The molecule has 0 heterocycles. The van der Waals surface area contributed by atoms with Crippen molar-refractivity contribution in [2.45, 2.75) is 10.8 Å². The number of hydrogen-bond acceptors (Lipinski definition) is 1. The summed E-state index contributed by atoms with van der Waals surface area (Å²) in [6, 6.07) is 4.73. The Labute approximate surface area is 69.4 Å². The molecule has 0 N–H and O–H groups in total. The molecule has 1 aromatic rings. The average Bonchev–Trinajstić information content (AvgIpc) is 1.95. The van der Waals surface area contributed by atoms with E-state index in [1.165, 1.54) is 6.07 Å². The van der Waals surface area contributed by atoms with Gasteiger partial charge in [-0.1, -0.05) is 6.07 Å². The van der Waals surface area contributed by atoms with E-state index in [1.54, 1.807) is 12.1 Å². The van der Waals surface area contributed by atoms with E-state index in [9.17, 15) is 4.39 Å². The molecule has 1 rings (SSSR count). The smallest absolute Gasteiger partial charge is 0.136 e. The van der Waals surface area contributed by atoms with Gasteiger partial charge >= 0.3 is 0 Å². The van der Waals surface area contributed by atoms with Gasteiger partial charge < -0.3 is 0 Å². The molecule has 0 aliphatic carbocycles. The highest BCUT2D eigenvalue weighted by Crippen LogP contribution is 2.14. The van der Waals surface area contributed by atoms with E-state index in [0.717, 1.165) is 5.56 Å². The topological polar surface area (TPSA) is 0 Å². The summed E-state index contributed by atoms with van der Waals surface area (Å²) >= 11 is 9.33. The maximum Gasteiger partial charge on any atom is 0.136 e. The number of thiol groups is 1. The first-order chi connectivity index (χ1) is 4.74. The second-order valence-corrected chi connectivity index (χ2v) is 2.67. The van der Waals surface area contributed by atoms with E-state index in [-0.39, 0.29) is 5.82 Å². The molecule has 54 valence electrons. The zero-order valence-electron chi connectivity index (χ0n) is 5.14. The molecule has 0 bridgehead atoms. The third kappa shape index (κ3) is 1.64. The third-order valence-electron chi connectivity index (χ3n) is 1.17. The van der Waals surface area contributed by atoms with E-state index >= 15 is 0 Å². The van der Waals surface area contributed by atoms with Crippen LogP contribution in [-0.4, -0.2) is 0 Å². The van der Waals surface area contributed by atoms with E-state index in [4.69, 9.17) is 11.6 Å². The molecule has 0 aromatic heterocycles. The van der Waals surface area contributed by atoms with Gasteiger partial charge in [0.1, 0.15) is 5.82 Å². The summed E-state index contributed by atoms with van der Waals surface area (Å²) in [5.74, 6) is 0.0202. The molecule has 0 unspecified atom stereocenters. The lowest BCUT2D eigenvalue weighted by Crippen LogP contribution is -1.81. The Morgan fingerprint density at radius 2 is 2.20 bits per heavy atom. The van der Waals surface area contributed by atoms with Gasteiger partial charge in [-0.25, -0.2) is 4.39 Å². The lowest BCUT2D eigenvalue weighted by atomic mass is 10.2. The van der Waals surface area contributed by atoms with Crippen LogP contribution in [0.5, 0.6) is 0 Å². The third-order valence-corrected chi connectivity index (χ3v) is 1.84. The van der Waals surface area contributed by atoms with Crippen molar-refractivity contribution in [3.05, 3.63) is 29.6 Å². The highest BCUT2D eigenvalue weighted by molar-refractivity contribution is 7.80. The number of rotatable bonds is 1. The highest BCUT2D eigenvalue weighted by Gasteiger charge is 1.97. The molecule has 0 radical (unpaired) electrons. The second kappa shape index (κ2) is 3.26. The molecular weight excluding hydrogens is 171 g/mol. The number of alkyl halides is 1. The van der Waals surface area contributed by atoms with Crippen LogP contribution in [0, 0.1) is 5.82 Å². The first-order valence-corrected chi connectivity index (χ1v) is 3.75. The fourth-order valence-corrected chi connectivity index (χ4v) is 0.939. The van der Waals surface area contributed by atoms with Gasteiger partial charge in [-0.2, -0.15) is 0 Å². The Morgan fingerprint density at radius 1 is 1.50 bits per heavy atom. The average molecular weight is 177 g/mol. The van der Waals surface area contributed by atoms with Crippen molar-refractivity contribution in [1.29, 1.82) is 0 Å². The minimum Gasteiger partial charge on any atom is -0.206 e. The Balaban J connectivity index is 3.04. The van der Waals surface area contributed by atoms with Crippen molar-refractivity contribution in [2.75, 3.05) is 0 Å². The Morgan fingerprint density at radius 3 is 2.70 bits per heavy atom. The molecule has 0 atom stereocenters. The minimum absolute atomic E-state index is 0.318. The zero-order chi connectivity index (χ0) is 7.56. The molecule has 0 aliphatic heterocycles. The normalized spacial score (nSPS) is 9.90. The van der Waals surface area contributed by atoms with Crippen molar-refractivity contribution in [1.82, 2.24) is 0 Å². The Bertz CT molecular complexity index is 237. The van der Waals surface area contributed by atoms with E-state index in [2.05, 4.69) is 12.6 Å². The van der Waals surface area contributed by atoms with Crippen LogP contribution in [0.1, 0.15) is 5.56 Å². The van der Waals surface area contributed by atoms with E-state index in [0.29, 0.717) is 10.8 Å². The van der Waals surface area contributed by atoms with Crippen LogP contribution in [-0.2, 0) is 5.88 Å². The summed E-state index contributed by atoms with van der Waals surface area (Å²) in [5, 5.41) is 0. The molecule has 0 spiro atoms. The molecule has 3 heteroatoms. The van der Waals surface area contributed by atoms with Gasteiger partial charge in [0, 0.05) is 10.8 Å². The highest BCUT2D eigenvalue weighted by atomic mass is 35.5. The van der Waals surface area contributed by atoms with Crippen LogP contribution < -0.4 is 0 Å². The van der Waals surface area contributed by atoms with Crippen LogP contribution in [0.2, 0.25) is 0 Å². The monoisotopic (exact) mass is 176 g/mol. The molecular formula is C7H6ClFS. The molecule has 0 fully saturated rings. The van der Waals surface area contributed by atoms with Gasteiger partial charge in [0.05, 0.1) is 0 Å². The van der Waals surface area contributed by atoms with Gasteiger partial charge in [-0.3, -0.25) is 0 Å². The molecule has 10 heavy (non-hydrogen) atoms. The summed E-state index contributed by atoms with van der Waals surface area (Å²) in [6.45, 7) is 0. The molecule has 1 aromatic carbocycles. The van der Waals surface area contributed by atoms with Gasteiger partial charge in [0.15, 0.2) is 0 Å². The molecule has 0 aliphatic rings. The van der Waals surface area contributed by atoms with E-state index < -0.39 is 0 Å². The van der Waals surface area contributed by atoms with Crippen molar-refractivity contribution in [3.8, 4) is 0 Å². The summed E-state index contributed by atoms with van der Waals surface area (Å²) < 4.78 is 12.6. The van der Waals surface area contributed by atoms with Gasteiger partial charge in [-0.05, 0) is 17.7 Å². The predicted octanol–water partition coefficient (Wildman–Crippen LogP) is 2.85. The van der Waals surface area contributed by atoms with Crippen LogP contribution in [0.25, 0.3) is 0 Å². The maximum absolute atomic E-state index is 12.6. The SMILES string of the molecule is Fc1cc(CCl)ccc1S. The van der Waals surface area contributed by atoms with E-state index in [1.807, 2.05) is 0 Å². The van der Waals surface area contributed by atoms with Gasteiger partial charge in [0.2, 0.25) is 0 Å². The van der Waals surface area contributed by atoms with Crippen molar-refractivity contribution < 1.29 is 4.39 Å². The van der Waals surface area contributed by atoms with Crippen LogP contribution >= 0.6 is 24.2 Å². The summed E-state index contributed by atoms with van der Waals surface area (Å²) in [6.07, 6.45) is 0. The van der Waals surface area contributed by atoms with Crippen LogP contribution in [0.3, 0.4) is 0 Å². The van der Waals surface area contributed by atoms with Gasteiger partial charge in [-0.15, -0.1) is 24.2 Å². The number of halogens is 2. The standard InChI is InChI=1S/C7H6ClFS/c8-4-5-1-2-7(10)6(9)3-5/h1-3,10H,4H2.